The van der Waals surface area contributed by atoms with E-state index in [0.717, 1.165) is 6.07 Å². The van der Waals surface area contributed by atoms with Crippen LogP contribution in [0.3, 0.4) is 0 Å². The lowest BCUT2D eigenvalue weighted by molar-refractivity contribution is 0.0528. The number of nitrogens with one attached hydrogen (secondary N) is 1. The number of rotatable bonds is 3. The molecule has 0 aliphatic rings. The SMILES string of the molecule is CC(C)(C)OC(=O)NCCc1cc(F)c2ncccc2c1F. The molecule has 1 amide bonds. The Kier molecular flexibility index (Phi) is 4.59. The van der Waals surface area contributed by atoms with Crippen molar-refractivity contribution in [1.29, 1.82) is 0 Å². The number of benzene rings is 1. The van der Waals surface area contributed by atoms with Gasteiger partial charge in [0.25, 0.3) is 0 Å². The van der Waals surface area contributed by atoms with E-state index in [0.29, 0.717) is 0 Å². The molecule has 118 valence electrons. The van der Waals surface area contributed by atoms with Gasteiger partial charge in [0.1, 0.15) is 22.8 Å². The first-order valence-corrected chi connectivity index (χ1v) is 6.96. The van der Waals surface area contributed by atoms with Gasteiger partial charge >= 0.3 is 6.09 Å². The van der Waals surface area contributed by atoms with Crippen LogP contribution in [0.4, 0.5) is 13.6 Å². The summed E-state index contributed by atoms with van der Waals surface area (Å²) in [6.07, 6.45) is 0.984. The molecule has 0 radical (unpaired) electrons. The molecular formula is C16H18F2N2O2. The molecule has 0 saturated heterocycles. The molecule has 0 bridgehead atoms. The van der Waals surface area contributed by atoms with Crippen LogP contribution in [0.1, 0.15) is 26.3 Å². The Morgan fingerprint density at radius 3 is 2.77 bits per heavy atom. The van der Waals surface area contributed by atoms with Crippen molar-refractivity contribution in [2.24, 2.45) is 0 Å². The van der Waals surface area contributed by atoms with Gasteiger partial charge in [-0.05, 0) is 51.0 Å². The van der Waals surface area contributed by atoms with Gasteiger partial charge < -0.3 is 10.1 Å². The predicted molar refractivity (Wildman–Crippen MR) is 79.6 cm³/mol. The van der Waals surface area contributed by atoms with Crippen molar-refractivity contribution in [3.63, 3.8) is 0 Å². The van der Waals surface area contributed by atoms with Crippen LogP contribution in [-0.4, -0.2) is 23.2 Å². The minimum atomic E-state index is -0.601. The highest BCUT2D eigenvalue weighted by Gasteiger charge is 2.16. The molecule has 0 unspecified atom stereocenters. The minimum absolute atomic E-state index is 0.00357. The number of alkyl carbamates (subject to hydrolysis) is 1. The van der Waals surface area contributed by atoms with E-state index in [1.54, 1.807) is 26.8 Å². The van der Waals surface area contributed by atoms with Crippen molar-refractivity contribution in [3.8, 4) is 0 Å². The van der Waals surface area contributed by atoms with Crippen molar-refractivity contribution >= 4 is 17.0 Å². The first-order chi connectivity index (χ1) is 10.3. The van der Waals surface area contributed by atoms with Crippen LogP contribution in [0.25, 0.3) is 10.9 Å². The molecule has 1 aromatic heterocycles. The Morgan fingerprint density at radius 1 is 1.36 bits per heavy atom. The second kappa shape index (κ2) is 6.25. The van der Waals surface area contributed by atoms with Crippen LogP contribution in [0, 0.1) is 11.6 Å². The highest BCUT2D eigenvalue weighted by Crippen LogP contribution is 2.22. The average molecular weight is 308 g/mol. The number of amides is 1. The number of carbonyl (C=O) groups excluding carboxylic acids is 1. The van der Waals surface area contributed by atoms with Crippen LogP contribution in [0.2, 0.25) is 0 Å². The molecule has 6 heteroatoms. The van der Waals surface area contributed by atoms with E-state index in [9.17, 15) is 13.6 Å². The fourth-order valence-electron chi connectivity index (χ4n) is 2.03. The molecule has 1 aromatic carbocycles. The molecule has 22 heavy (non-hydrogen) atoms. The van der Waals surface area contributed by atoms with Crippen LogP contribution < -0.4 is 5.32 Å². The molecule has 2 aromatic rings. The number of aromatic nitrogens is 1. The van der Waals surface area contributed by atoms with Gasteiger partial charge in [-0.2, -0.15) is 0 Å². The van der Waals surface area contributed by atoms with Crippen molar-refractivity contribution in [3.05, 3.63) is 41.6 Å². The fraction of sp³-hybridized carbons (Fsp3) is 0.375. The molecule has 0 fully saturated rings. The standard InChI is InChI=1S/C16H18F2N2O2/c1-16(2,3)22-15(21)20-8-6-10-9-12(17)14-11(13(10)18)5-4-7-19-14/h4-5,7,9H,6,8H2,1-3H3,(H,20,21). The third kappa shape index (κ3) is 3.90. The Labute approximate surface area is 127 Å². The van der Waals surface area contributed by atoms with E-state index < -0.39 is 23.3 Å². The fourth-order valence-corrected chi connectivity index (χ4v) is 2.03. The predicted octanol–water partition coefficient (Wildman–Crippen LogP) is 3.58. The quantitative estimate of drug-likeness (QED) is 0.943. The molecule has 4 nitrogen and oxygen atoms in total. The van der Waals surface area contributed by atoms with E-state index in [-0.39, 0.29) is 29.4 Å². The van der Waals surface area contributed by atoms with Crippen LogP contribution in [-0.2, 0) is 11.2 Å². The summed E-state index contributed by atoms with van der Waals surface area (Å²) in [5.41, 5.74) is -0.409. The lowest BCUT2D eigenvalue weighted by Crippen LogP contribution is -2.33. The van der Waals surface area contributed by atoms with Gasteiger partial charge in [-0.1, -0.05) is 0 Å². The van der Waals surface area contributed by atoms with E-state index in [4.69, 9.17) is 4.74 Å². The van der Waals surface area contributed by atoms with Crippen LogP contribution in [0.15, 0.2) is 24.4 Å². The van der Waals surface area contributed by atoms with Crippen molar-refractivity contribution < 1.29 is 18.3 Å². The Hall–Kier alpha value is -2.24. The molecule has 0 atom stereocenters. The number of hydrogen-bond donors (Lipinski definition) is 1. The summed E-state index contributed by atoms with van der Waals surface area (Å²) in [4.78, 5) is 15.3. The molecule has 2 rings (SSSR count). The number of pyridine rings is 1. The third-order valence-electron chi connectivity index (χ3n) is 2.92. The zero-order valence-corrected chi connectivity index (χ0v) is 12.7. The van der Waals surface area contributed by atoms with E-state index in [2.05, 4.69) is 10.3 Å². The number of ether oxygens (including phenoxy) is 1. The molecule has 1 N–H and O–H groups in total. The highest BCUT2D eigenvalue weighted by molar-refractivity contribution is 5.80. The molecule has 1 heterocycles. The molecule has 0 aliphatic carbocycles. The summed E-state index contributed by atoms with van der Waals surface area (Å²) in [5.74, 6) is -1.10. The van der Waals surface area contributed by atoms with Crippen molar-refractivity contribution in [2.75, 3.05) is 6.54 Å². The van der Waals surface area contributed by atoms with Crippen molar-refractivity contribution in [1.82, 2.24) is 10.3 Å². The van der Waals surface area contributed by atoms with Gasteiger partial charge in [0, 0.05) is 18.1 Å². The van der Waals surface area contributed by atoms with Crippen LogP contribution in [0.5, 0.6) is 0 Å². The van der Waals surface area contributed by atoms with Gasteiger partial charge in [0.15, 0.2) is 0 Å². The Balaban J connectivity index is 2.06. The third-order valence-corrected chi connectivity index (χ3v) is 2.92. The molecule has 0 aliphatic heterocycles. The smallest absolute Gasteiger partial charge is 0.407 e. The lowest BCUT2D eigenvalue weighted by atomic mass is 10.1. The zero-order chi connectivity index (χ0) is 16.3. The summed E-state index contributed by atoms with van der Waals surface area (Å²) < 4.78 is 33.3. The number of nitrogens with zero attached hydrogens (tertiary/aromatic N) is 1. The van der Waals surface area contributed by atoms with E-state index in [1.807, 2.05) is 0 Å². The molecule has 0 spiro atoms. The second-order valence-corrected chi connectivity index (χ2v) is 5.91. The molecular weight excluding hydrogens is 290 g/mol. The summed E-state index contributed by atoms with van der Waals surface area (Å²) in [7, 11) is 0. The second-order valence-electron chi connectivity index (χ2n) is 5.91. The first kappa shape index (κ1) is 16.1. The summed E-state index contributed by atoms with van der Waals surface area (Å²) >= 11 is 0. The highest BCUT2D eigenvalue weighted by atomic mass is 19.1. The van der Waals surface area contributed by atoms with E-state index >= 15 is 0 Å². The summed E-state index contributed by atoms with van der Waals surface area (Å²) in [5, 5.41) is 2.65. The maximum Gasteiger partial charge on any atom is 0.407 e. The maximum absolute atomic E-state index is 14.3. The normalized spacial score (nSPS) is 11.5. The van der Waals surface area contributed by atoms with Gasteiger partial charge in [-0.15, -0.1) is 0 Å². The van der Waals surface area contributed by atoms with Gasteiger partial charge in [0.05, 0.1) is 0 Å². The Bertz CT molecular complexity index is 696. The largest absolute Gasteiger partial charge is 0.444 e. The van der Waals surface area contributed by atoms with Crippen LogP contribution >= 0.6 is 0 Å². The first-order valence-electron chi connectivity index (χ1n) is 6.96. The zero-order valence-electron chi connectivity index (χ0n) is 12.7. The monoisotopic (exact) mass is 308 g/mol. The topological polar surface area (TPSA) is 51.2 Å². The number of carbonyl (C=O) groups is 1. The number of fused-ring (bicyclic) bond motifs is 1. The Morgan fingerprint density at radius 2 is 2.09 bits per heavy atom. The van der Waals surface area contributed by atoms with E-state index in [1.165, 1.54) is 12.3 Å². The van der Waals surface area contributed by atoms with Gasteiger partial charge in [-0.25, -0.2) is 13.6 Å². The van der Waals surface area contributed by atoms with Gasteiger partial charge in [-0.3, -0.25) is 4.98 Å². The number of hydrogen-bond acceptors (Lipinski definition) is 3. The average Bonchev–Trinajstić information content (AvgIpc) is 2.42. The molecule has 0 saturated carbocycles. The minimum Gasteiger partial charge on any atom is -0.444 e. The lowest BCUT2D eigenvalue weighted by Gasteiger charge is -2.19. The summed E-state index contributed by atoms with van der Waals surface area (Å²) in [6, 6.07) is 4.14. The van der Waals surface area contributed by atoms with Gasteiger partial charge in [0.2, 0.25) is 0 Å². The van der Waals surface area contributed by atoms with Crippen molar-refractivity contribution in [2.45, 2.75) is 32.8 Å². The maximum atomic E-state index is 14.3. The number of halogens is 2. The summed E-state index contributed by atoms with van der Waals surface area (Å²) in [6.45, 7) is 5.39.